The van der Waals surface area contributed by atoms with Crippen LogP contribution in [0.25, 0.3) is 0 Å². The zero-order valence-corrected chi connectivity index (χ0v) is 5.37. The maximum Gasteiger partial charge on any atom is 0.307 e. The first kappa shape index (κ1) is 6.33. The fraction of sp³-hybridized carbons (Fsp3) is 0.571. The zero-order valence-electron chi connectivity index (χ0n) is 5.37. The highest BCUT2D eigenvalue weighted by molar-refractivity contribution is 5.74. The molecule has 0 aromatic rings. The Bertz CT molecular complexity index is 151. The van der Waals surface area contributed by atoms with Crippen LogP contribution in [-0.2, 0) is 4.79 Å². The number of hydrogen-bond acceptors (Lipinski definition) is 1. The number of rotatable bonds is 2. The summed E-state index contributed by atoms with van der Waals surface area (Å²) in [6.07, 6.45) is 1.73. The van der Waals surface area contributed by atoms with E-state index in [0.29, 0.717) is 5.92 Å². The van der Waals surface area contributed by atoms with Crippen LogP contribution in [-0.4, -0.2) is 11.1 Å². The van der Waals surface area contributed by atoms with Crippen LogP contribution in [0.5, 0.6) is 0 Å². The molecule has 50 valence electrons. The Labute approximate surface area is 54.2 Å². The van der Waals surface area contributed by atoms with Crippen molar-refractivity contribution in [3.8, 4) is 0 Å². The van der Waals surface area contributed by atoms with Crippen molar-refractivity contribution in [2.45, 2.75) is 6.92 Å². The second-order valence-electron chi connectivity index (χ2n) is 2.54. The molecule has 0 saturated heterocycles. The summed E-state index contributed by atoms with van der Waals surface area (Å²) in [7, 11) is 0. The number of carboxylic acid groups (broad SMARTS) is 1. The van der Waals surface area contributed by atoms with Crippen LogP contribution in [0.15, 0.2) is 12.7 Å². The van der Waals surface area contributed by atoms with E-state index in [4.69, 9.17) is 5.11 Å². The van der Waals surface area contributed by atoms with Gasteiger partial charge in [0.25, 0.3) is 0 Å². The molecule has 0 unspecified atom stereocenters. The number of aliphatic carboxylic acids is 1. The number of carboxylic acids is 1. The Morgan fingerprint density at radius 2 is 2.33 bits per heavy atom. The van der Waals surface area contributed by atoms with E-state index in [0.717, 1.165) is 0 Å². The van der Waals surface area contributed by atoms with E-state index < -0.39 is 5.97 Å². The molecule has 1 rings (SSSR count). The second-order valence-corrected chi connectivity index (χ2v) is 2.54. The molecule has 0 spiro atoms. The van der Waals surface area contributed by atoms with Gasteiger partial charge in [0.15, 0.2) is 0 Å². The molecule has 1 N–H and O–H groups in total. The smallest absolute Gasteiger partial charge is 0.307 e. The van der Waals surface area contributed by atoms with Crippen LogP contribution < -0.4 is 0 Å². The van der Waals surface area contributed by atoms with Crippen LogP contribution in [0, 0.1) is 17.8 Å². The van der Waals surface area contributed by atoms with Gasteiger partial charge in [0, 0.05) is 0 Å². The first-order valence-electron chi connectivity index (χ1n) is 3.04. The van der Waals surface area contributed by atoms with Gasteiger partial charge in [0.1, 0.15) is 0 Å². The SMILES string of the molecule is C=C[C@H]1[C@@H](C)[C@@H]1C(=O)O. The minimum Gasteiger partial charge on any atom is -0.481 e. The highest BCUT2D eigenvalue weighted by Crippen LogP contribution is 2.46. The molecule has 0 radical (unpaired) electrons. The third-order valence-corrected chi connectivity index (χ3v) is 2.00. The quantitative estimate of drug-likeness (QED) is 0.563. The van der Waals surface area contributed by atoms with E-state index in [1.165, 1.54) is 0 Å². The van der Waals surface area contributed by atoms with E-state index in [9.17, 15) is 4.79 Å². The Morgan fingerprint density at radius 1 is 1.78 bits per heavy atom. The molecule has 1 aliphatic carbocycles. The van der Waals surface area contributed by atoms with Gasteiger partial charge in [0.05, 0.1) is 5.92 Å². The summed E-state index contributed by atoms with van der Waals surface area (Å²) in [5, 5.41) is 8.48. The van der Waals surface area contributed by atoms with Gasteiger partial charge >= 0.3 is 5.97 Å². The molecule has 1 aliphatic rings. The van der Waals surface area contributed by atoms with Crippen molar-refractivity contribution in [1.29, 1.82) is 0 Å². The standard InChI is InChI=1S/C7H10O2/c1-3-5-4(2)6(5)7(8)9/h3-6H,1H2,2H3,(H,8,9)/t4-,5+,6+/m1/s1. The molecule has 0 aliphatic heterocycles. The van der Waals surface area contributed by atoms with Gasteiger partial charge < -0.3 is 5.11 Å². The van der Waals surface area contributed by atoms with Crippen LogP contribution in [0.2, 0.25) is 0 Å². The van der Waals surface area contributed by atoms with Gasteiger partial charge in [-0.15, -0.1) is 6.58 Å². The van der Waals surface area contributed by atoms with Crippen molar-refractivity contribution in [3.63, 3.8) is 0 Å². The lowest BCUT2D eigenvalue weighted by molar-refractivity contribution is -0.139. The summed E-state index contributed by atoms with van der Waals surface area (Å²) in [4.78, 5) is 10.3. The fourth-order valence-corrected chi connectivity index (χ4v) is 1.24. The highest BCUT2D eigenvalue weighted by atomic mass is 16.4. The summed E-state index contributed by atoms with van der Waals surface area (Å²) in [6.45, 7) is 5.48. The normalized spacial score (nSPS) is 39.9. The lowest BCUT2D eigenvalue weighted by atomic mass is 10.3. The lowest BCUT2D eigenvalue weighted by Gasteiger charge is -1.81. The minimum absolute atomic E-state index is 0.150. The Kier molecular flexibility index (Phi) is 1.31. The van der Waals surface area contributed by atoms with Crippen molar-refractivity contribution >= 4 is 5.97 Å². The van der Waals surface area contributed by atoms with Crippen molar-refractivity contribution < 1.29 is 9.90 Å². The molecule has 3 atom stereocenters. The first-order chi connectivity index (χ1) is 4.18. The maximum absolute atomic E-state index is 10.3. The molecule has 1 fully saturated rings. The number of allylic oxidation sites excluding steroid dienone is 1. The Balaban J connectivity index is 2.51. The summed E-state index contributed by atoms with van der Waals surface area (Å²) in [5.41, 5.74) is 0. The summed E-state index contributed by atoms with van der Waals surface area (Å²) < 4.78 is 0. The van der Waals surface area contributed by atoms with Gasteiger partial charge in [0.2, 0.25) is 0 Å². The third kappa shape index (κ3) is 0.846. The van der Waals surface area contributed by atoms with Crippen LogP contribution >= 0.6 is 0 Å². The molecule has 0 aromatic carbocycles. The third-order valence-electron chi connectivity index (χ3n) is 2.00. The molecule has 2 nitrogen and oxygen atoms in total. The topological polar surface area (TPSA) is 37.3 Å². The first-order valence-corrected chi connectivity index (χ1v) is 3.04. The van der Waals surface area contributed by atoms with Crippen LogP contribution in [0.3, 0.4) is 0 Å². The Morgan fingerprint density at radius 3 is 2.44 bits per heavy atom. The molecule has 0 bridgehead atoms. The summed E-state index contributed by atoms with van der Waals surface area (Å²) in [6, 6.07) is 0. The largest absolute Gasteiger partial charge is 0.481 e. The molecule has 1 saturated carbocycles. The molecule has 0 heterocycles. The van der Waals surface area contributed by atoms with E-state index in [1.807, 2.05) is 6.92 Å². The zero-order chi connectivity index (χ0) is 7.02. The highest BCUT2D eigenvalue weighted by Gasteiger charge is 2.49. The minimum atomic E-state index is -0.688. The molecule has 2 heteroatoms. The van der Waals surface area contributed by atoms with Crippen molar-refractivity contribution in [1.82, 2.24) is 0 Å². The monoisotopic (exact) mass is 126 g/mol. The molecule has 9 heavy (non-hydrogen) atoms. The predicted octanol–water partition coefficient (Wildman–Crippen LogP) is 1.14. The van der Waals surface area contributed by atoms with Crippen LogP contribution in [0.4, 0.5) is 0 Å². The molecular weight excluding hydrogens is 116 g/mol. The van der Waals surface area contributed by atoms with Crippen molar-refractivity contribution in [2.75, 3.05) is 0 Å². The van der Waals surface area contributed by atoms with Crippen molar-refractivity contribution in [3.05, 3.63) is 12.7 Å². The summed E-state index contributed by atoms with van der Waals surface area (Å²) >= 11 is 0. The van der Waals surface area contributed by atoms with Gasteiger partial charge in [-0.25, -0.2) is 0 Å². The average molecular weight is 126 g/mol. The Hall–Kier alpha value is -0.790. The molecular formula is C7H10O2. The van der Waals surface area contributed by atoms with E-state index in [-0.39, 0.29) is 11.8 Å². The van der Waals surface area contributed by atoms with E-state index in [2.05, 4.69) is 6.58 Å². The van der Waals surface area contributed by atoms with Gasteiger partial charge in [-0.05, 0) is 11.8 Å². The summed E-state index contributed by atoms with van der Waals surface area (Å²) in [5.74, 6) is -0.308. The van der Waals surface area contributed by atoms with Gasteiger partial charge in [-0.1, -0.05) is 13.0 Å². The lowest BCUT2D eigenvalue weighted by Crippen LogP contribution is -1.99. The predicted molar refractivity (Wildman–Crippen MR) is 34.0 cm³/mol. The molecule has 0 aromatic heterocycles. The van der Waals surface area contributed by atoms with E-state index >= 15 is 0 Å². The second kappa shape index (κ2) is 1.87. The fourth-order valence-electron chi connectivity index (χ4n) is 1.24. The van der Waals surface area contributed by atoms with Gasteiger partial charge in [-0.2, -0.15) is 0 Å². The number of carbonyl (C=O) groups is 1. The van der Waals surface area contributed by atoms with Crippen molar-refractivity contribution in [2.24, 2.45) is 17.8 Å². The van der Waals surface area contributed by atoms with E-state index in [1.54, 1.807) is 6.08 Å². The molecule has 0 amide bonds. The van der Waals surface area contributed by atoms with Gasteiger partial charge in [-0.3, -0.25) is 4.79 Å². The average Bonchev–Trinajstić information content (AvgIpc) is 2.40. The van der Waals surface area contributed by atoms with Crippen LogP contribution in [0.1, 0.15) is 6.92 Å². The number of hydrogen-bond donors (Lipinski definition) is 1. The maximum atomic E-state index is 10.3.